The van der Waals surface area contributed by atoms with Crippen molar-refractivity contribution in [3.05, 3.63) is 75.8 Å². The van der Waals surface area contributed by atoms with E-state index in [0.717, 1.165) is 37.7 Å². The smallest absolute Gasteiger partial charge is 0.489 e. The van der Waals surface area contributed by atoms with E-state index in [4.69, 9.17) is 32.5 Å². The maximum atomic E-state index is 12.6. The van der Waals surface area contributed by atoms with Crippen LogP contribution in [0.3, 0.4) is 0 Å². The SMILES string of the molecule is CCCCCCCC/C=C\CCCCCCCC(=O)NC(CO[P+](O)(O)O)Cc1ccc(OCc2c(Cl)cccc2Cl)cc1. The summed E-state index contributed by atoms with van der Waals surface area (Å²) in [6.45, 7) is 2.23. The second-order valence-corrected chi connectivity index (χ2v) is 13.3. The third kappa shape index (κ3) is 18.3. The molecule has 2 rings (SSSR count). The van der Waals surface area contributed by atoms with Gasteiger partial charge in [-0.3, -0.25) is 4.79 Å². The third-order valence-corrected chi connectivity index (χ3v) is 8.53. The molecule has 246 valence electrons. The Balaban J connectivity index is 1.68. The van der Waals surface area contributed by atoms with E-state index in [1.807, 2.05) is 12.1 Å². The maximum Gasteiger partial charge on any atom is 0.567 e. The molecule has 0 radical (unpaired) electrons. The summed E-state index contributed by atoms with van der Waals surface area (Å²) in [5, 5.41) is 3.98. The monoisotopic (exact) mass is 670 g/mol. The molecule has 2 aromatic rings. The van der Waals surface area contributed by atoms with Crippen LogP contribution in [0.4, 0.5) is 0 Å². The largest absolute Gasteiger partial charge is 0.567 e. The van der Waals surface area contributed by atoms with Gasteiger partial charge in [0.05, 0.1) is 6.04 Å². The van der Waals surface area contributed by atoms with Crippen LogP contribution in [0.25, 0.3) is 0 Å². The average Bonchev–Trinajstić information content (AvgIpc) is 2.98. The molecule has 2 aromatic carbocycles. The number of benzene rings is 2. The summed E-state index contributed by atoms with van der Waals surface area (Å²) in [5.41, 5.74) is 1.58. The van der Waals surface area contributed by atoms with Gasteiger partial charge in [-0.25, -0.2) is 0 Å². The number of amides is 1. The van der Waals surface area contributed by atoms with Crippen molar-refractivity contribution in [2.24, 2.45) is 0 Å². The Morgan fingerprint density at radius 2 is 1.41 bits per heavy atom. The van der Waals surface area contributed by atoms with E-state index in [0.29, 0.717) is 34.2 Å². The van der Waals surface area contributed by atoms with Crippen LogP contribution in [-0.2, 0) is 22.3 Å². The van der Waals surface area contributed by atoms with E-state index < -0.39 is 14.2 Å². The quantitative estimate of drug-likeness (QED) is 0.0503. The van der Waals surface area contributed by atoms with Gasteiger partial charge in [-0.05, 0) is 68.4 Å². The zero-order chi connectivity index (χ0) is 32.0. The molecule has 0 spiro atoms. The van der Waals surface area contributed by atoms with Crippen molar-refractivity contribution >= 4 is 37.3 Å². The van der Waals surface area contributed by atoms with E-state index in [1.54, 1.807) is 30.3 Å². The summed E-state index contributed by atoms with van der Waals surface area (Å²) >= 11 is 12.4. The highest BCUT2D eigenvalue weighted by molar-refractivity contribution is 7.53. The summed E-state index contributed by atoms with van der Waals surface area (Å²) < 4.78 is 10.7. The molecule has 0 heterocycles. The zero-order valence-electron chi connectivity index (χ0n) is 26.1. The number of ether oxygens (including phenoxy) is 1. The van der Waals surface area contributed by atoms with Crippen LogP contribution in [0, 0.1) is 0 Å². The molecule has 4 N–H and O–H groups in total. The topological polar surface area (TPSA) is 108 Å². The van der Waals surface area contributed by atoms with Crippen LogP contribution in [0.1, 0.15) is 108 Å². The number of hydrogen-bond donors (Lipinski definition) is 4. The lowest BCUT2D eigenvalue weighted by Gasteiger charge is -2.18. The highest BCUT2D eigenvalue weighted by Crippen LogP contribution is 2.45. The number of rotatable bonds is 24. The van der Waals surface area contributed by atoms with Crippen molar-refractivity contribution < 1.29 is 28.7 Å². The van der Waals surface area contributed by atoms with Crippen molar-refractivity contribution in [1.29, 1.82) is 0 Å². The molecule has 0 aliphatic carbocycles. The molecule has 0 aliphatic rings. The van der Waals surface area contributed by atoms with Crippen molar-refractivity contribution in [2.45, 2.75) is 116 Å². The molecule has 1 amide bonds. The molecule has 1 atom stereocenters. The van der Waals surface area contributed by atoms with Gasteiger partial charge in [0.25, 0.3) is 0 Å². The molecular weight excluding hydrogens is 620 g/mol. The molecule has 1 unspecified atom stereocenters. The van der Waals surface area contributed by atoms with Gasteiger partial charge in [0.1, 0.15) is 19.0 Å². The minimum absolute atomic E-state index is 0.134. The van der Waals surface area contributed by atoms with E-state index >= 15 is 0 Å². The Hall–Kier alpha value is -1.70. The minimum Gasteiger partial charge on any atom is -0.489 e. The summed E-state index contributed by atoms with van der Waals surface area (Å²) in [7, 11) is -4.42. The molecule has 0 bridgehead atoms. The second kappa shape index (κ2) is 22.7. The summed E-state index contributed by atoms with van der Waals surface area (Å²) in [5.74, 6) is 0.488. The number of carbonyl (C=O) groups is 1. The Bertz CT molecular complexity index is 1070. The molecule has 0 aliphatic heterocycles. The zero-order valence-corrected chi connectivity index (χ0v) is 28.5. The van der Waals surface area contributed by atoms with Crippen molar-refractivity contribution in [2.75, 3.05) is 6.61 Å². The van der Waals surface area contributed by atoms with Crippen LogP contribution in [-0.4, -0.2) is 33.2 Å². The van der Waals surface area contributed by atoms with Crippen LogP contribution in [0.15, 0.2) is 54.6 Å². The van der Waals surface area contributed by atoms with Gasteiger partial charge in [0.15, 0.2) is 0 Å². The van der Waals surface area contributed by atoms with Crippen LogP contribution >= 0.6 is 31.4 Å². The van der Waals surface area contributed by atoms with Crippen molar-refractivity contribution in [3.8, 4) is 5.75 Å². The first kappa shape index (κ1) is 38.5. The Labute approximate surface area is 274 Å². The van der Waals surface area contributed by atoms with Crippen LogP contribution in [0.2, 0.25) is 10.0 Å². The molecular formula is C34H51Cl2NO6P+. The summed E-state index contributed by atoms with van der Waals surface area (Å²) in [4.78, 5) is 40.5. The fraction of sp³-hybridized carbons (Fsp3) is 0.559. The number of allylic oxidation sites excluding steroid dienone is 2. The number of carbonyl (C=O) groups excluding carboxylic acids is 1. The number of nitrogens with one attached hydrogen (secondary N) is 1. The minimum atomic E-state index is -4.42. The average molecular weight is 672 g/mol. The Morgan fingerprint density at radius 1 is 0.841 bits per heavy atom. The first-order valence-electron chi connectivity index (χ1n) is 16.0. The molecule has 0 fully saturated rings. The second-order valence-electron chi connectivity index (χ2n) is 11.2. The van der Waals surface area contributed by atoms with E-state index in [9.17, 15) is 19.5 Å². The van der Waals surface area contributed by atoms with Gasteiger partial charge >= 0.3 is 8.17 Å². The Kier molecular flexibility index (Phi) is 19.9. The lowest BCUT2D eigenvalue weighted by molar-refractivity contribution is -0.122. The lowest BCUT2D eigenvalue weighted by Crippen LogP contribution is -2.39. The summed E-state index contributed by atoms with van der Waals surface area (Å²) in [6, 6.07) is 12.0. The standard InChI is InChI=1S/C34H50Cl2NO6P/c1-2-3-4-5-6-7-8-9-10-11-12-13-14-15-16-20-34(38)37-29(26-43-44(39,40)41)25-28-21-23-30(24-22-28)42-27-31-32(35)18-17-19-33(31)36/h9-10,17-19,21-24,29,39-41H,2-8,11-16,20,25-27H2,1H3/p+1/b10-9-. The van der Waals surface area contributed by atoms with Gasteiger partial charge in [-0.2, -0.15) is 19.2 Å². The van der Waals surface area contributed by atoms with E-state index in [2.05, 4.69) is 24.4 Å². The number of hydrogen-bond acceptors (Lipinski definition) is 6. The number of unbranched alkanes of at least 4 members (excludes halogenated alkanes) is 11. The molecule has 10 heteroatoms. The lowest BCUT2D eigenvalue weighted by atomic mass is 10.1. The van der Waals surface area contributed by atoms with Crippen LogP contribution < -0.4 is 10.1 Å². The molecule has 0 aromatic heterocycles. The highest BCUT2D eigenvalue weighted by atomic mass is 35.5. The fourth-order valence-electron chi connectivity index (χ4n) is 4.83. The van der Waals surface area contributed by atoms with E-state index in [-0.39, 0.29) is 19.1 Å². The van der Waals surface area contributed by atoms with Gasteiger partial charge in [0, 0.05) is 22.0 Å². The molecule has 0 saturated carbocycles. The number of halogens is 2. The van der Waals surface area contributed by atoms with Crippen molar-refractivity contribution in [3.63, 3.8) is 0 Å². The molecule has 0 saturated heterocycles. The van der Waals surface area contributed by atoms with Gasteiger partial charge in [-0.15, -0.1) is 0 Å². The predicted molar refractivity (Wildman–Crippen MR) is 182 cm³/mol. The first-order valence-corrected chi connectivity index (χ1v) is 18.3. The molecule has 7 nitrogen and oxygen atoms in total. The normalized spacial score (nSPS) is 12.5. The van der Waals surface area contributed by atoms with Gasteiger partial charge in [0.2, 0.25) is 5.91 Å². The first-order chi connectivity index (χ1) is 21.2. The predicted octanol–water partition coefficient (Wildman–Crippen LogP) is 9.31. The van der Waals surface area contributed by atoms with Gasteiger partial charge in [-0.1, -0.05) is 112 Å². The third-order valence-electron chi connectivity index (χ3n) is 7.33. The van der Waals surface area contributed by atoms with Crippen molar-refractivity contribution in [1.82, 2.24) is 5.32 Å². The highest BCUT2D eigenvalue weighted by Gasteiger charge is 2.34. The van der Waals surface area contributed by atoms with E-state index in [1.165, 1.54) is 51.4 Å². The molecule has 44 heavy (non-hydrogen) atoms. The Morgan fingerprint density at radius 3 is 2.00 bits per heavy atom. The summed E-state index contributed by atoms with van der Waals surface area (Å²) in [6.07, 6.45) is 20.9. The maximum absolute atomic E-state index is 12.6. The fourth-order valence-corrected chi connectivity index (χ4v) is 5.72. The van der Waals surface area contributed by atoms with Gasteiger partial charge < -0.3 is 10.1 Å². The van der Waals surface area contributed by atoms with Crippen LogP contribution in [0.5, 0.6) is 5.75 Å².